The molecule has 1 aromatic rings. The molecule has 0 unspecified atom stereocenters. The average molecular weight is 581 g/mol. The van der Waals surface area contributed by atoms with Gasteiger partial charge in [0.2, 0.25) is 0 Å². The van der Waals surface area contributed by atoms with Crippen LogP contribution in [0.5, 0.6) is 0 Å². The van der Waals surface area contributed by atoms with E-state index in [1.807, 2.05) is 9.80 Å². The summed E-state index contributed by atoms with van der Waals surface area (Å²) in [6.07, 6.45) is 0. The van der Waals surface area contributed by atoms with E-state index in [1.54, 1.807) is 0 Å². The molecule has 4 atom stereocenters. The number of hydrogen-bond donors (Lipinski definition) is 0. The molecular formula is C32H48N6O4. The van der Waals surface area contributed by atoms with Gasteiger partial charge in [0.05, 0.1) is 37.3 Å². The first-order valence-electron chi connectivity index (χ1n) is 15.5. The van der Waals surface area contributed by atoms with Crippen molar-refractivity contribution in [2.75, 3.05) is 26.4 Å². The average Bonchev–Trinajstić information content (AvgIpc) is 3.77. The van der Waals surface area contributed by atoms with Gasteiger partial charge in [-0.25, -0.2) is 29.8 Å². The van der Waals surface area contributed by atoms with Gasteiger partial charge in [-0.3, -0.25) is 0 Å². The molecule has 0 saturated heterocycles. The summed E-state index contributed by atoms with van der Waals surface area (Å²) in [4.78, 5) is 23.6. The van der Waals surface area contributed by atoms with Crippen LogP contribution in [0, 0.1) is 23.7 Å². The molecule has 0 radical (unpaired) electrons. The van der Waals surface area contributed by atoms with Crippen molar-refractivity contribution >= 4 is 24.1 Å². The first-order chi connectivity index (χ1) is 20.1. The van der Waals surface area contributed by atoms with Gasteiger partial charge in [-0.05, 0) is 34.8 Å². The minimum absolute atomic E-state index is 0.119. The Hall–Kier alpha value is -3.30. The van der Waals surface area contributed by atoms with Crippen LogP contribution in [0.3, 0.4) is 0 Å². The lowest BCUT2D eigenvalue weighted by molar-refractivity contribution is 0.230. The first kappa shape index (κ1) is 30.2. The molecule has 10 heteroatoms. The molecule has 5 rings (SSSR count). The van der Waals surface area contributed by atoms with Gasteiger partial charge in [-0.2, -0.15) is 0 Å². The van der Waals surface area contributed by atoms with Crippen molar-refractivity contribution < 1.29 is 18.9 Å². The lowest BCUT2D eigenvalue weighted by Gasteiger charge is -2.24. The quantitative estimate of drug-likeness (QED) is 0.433. The minimum atomic E-state index is 0.119. The highest BCUT2D eigenvalue weighted by atomic mass is 16.5. The molecule has 0 N–H and O–H groups in total. The molecular weight excluding hydrogens is 532 g/mol. The molecule has 42 heavy (non-hydrogen) atoms. The van der Waals surface area contributed by atoms with Crippen molar-refractivity contribution in [1.29, 1.82) is 0 Å². The lowest BCUT2D eigenvalue weighted by atomic mass is 10.1. The SMILES string of the molecule is CC(C)[C@H]1COC(N(Cc2cccc(CN(C3=N[C@@H](C(C)C)CO3)C3=N[C@@H](C(C)C)CO3)c2)C2=N[C@@H](C(C)C)CO2)=N1. The van der Waals surface area contributed by atoms with E-state index in [4.69, 9.17) is 38.9 Å². The zero-order valence-electron chi connectivity index (χ0n) is 26.5. The van der Waals surface area contributed by atoms with E-state index in [-0.39, 0.29) is 24.2 Å². The maximum absolute atomic E-state index is 6.10. The van der Waals surface area contributed by atoms with Crippen LogP contribution < -0.4 is 0 Å². The van der Waals surface area contributed by atoms with Gasteiger partial charge in [0, 0.05) is 0 Å². The number of hydrogen-bond acceptors (Lipinski definition) is 10. The fourth-order valence-corrected chi connectivity index (χ4v) is 5.09. The molecule has 4 aliphatic heterocycles. The molecule has 4 aliphatic rings. The topological polar surface area (TPSA) is 92.8 Å². The number of benzene rings is 1. The fraction of sp³-hybridized carbons (Fsp3) is 0.688. The standard InChI is InChI=1S/C32H48N6O4/c1-19(2)25-15-39-29(33-25)37(30-34-26(16-40-30)20(3)4)13-23-10-9-11-24(12-23)14-38(31-35-27(17-41-31)21(5)6)32-36-28(18-42-32)22(7)8/h9-12,19-22,25-28H,13-18H2,1-8H3/t25-,26-,27-,28-/m1/s1. The van der Waals surface area contributed by atoms with Crippen LogP contribution in [0.1, 0.15) is 66.5 Å². The highest BCUT2D eigenvalue weighted by Gasteiger charge is 2.35. The molecule has 0 amide bonds. The van der Waals surface area contributed by atoms with Gasteiger partial charge in [0.1, 0.15) is 26.4 Å². The normalized spacial score (nSPS) is 25.2. The van der Waals surface area contributed by atoms with Crippen molar-refractivity contribution in [1.82, 2.24) is 9.80 Å². The number of ether oxygens (including phenoxy) is 4. The number of rotatable bonds is 8. The minimum Gasteiger partial charge on any atom is -0.463 e. The summed E-state index contributed by atoms with van der Waals surface area (Å²) in [6.45, 7) is 20.7. The highest BCUT2D eigenvalue weighted by molar-refractivity contribution is 5.95. The molecule has 10 nitrogen and oxygen atoms in total. The van der Waals surface area contributed by atoms with Crippen LogP contribution in [-0.4, -0.2) is 84.5 Å². The Bertz CT molecular complexity index is 1070. The smallest absolute Gasteiger partial charge is 0.296 e. The Morgan fingerprint density at radius 1 is 0.548 bits per heavy atom. The van der Waals surface area contributed by atoms with E-state index in [0.29, 0.717) is 87.3 Å². The molecule has 0 aromatic heterocycles. The maximum atomic E-state index is 6.10. The Balaban J connectivity index is 1.40. The maximum Gasteiger partial charge on any atom is 0.296 e. The number of aliphatic imine (C=N–C) groups is 4. The third kappa shape index (κ3) is 6.84. The van der Waals surface area contributed by atoms with Crippen LogP contribution in [0.4, 0.5) is 0 Å². The second kappa shape index (κ2) is 12.9. The molecule has 230 valence electrons. The van der Waals surface area contributed by atoms with Crippen molar-refractivity contribution in [3.63, 3.8) is 0 Å². The fourth-order valence-electron chi connectivity index (χ4n) is 5.09. The Morgan fingerprint density at radius 2 is 0.833 bits per heavy atom. The van der Waals surface area contributed by atoms with E-state index in [2.05, 4.69) is 79.7 Å². The van der Waals surface area contributed by atoms with E-state index >= 15 is 0 Å². The van der Waals surface area contributed by atoms with Crippen LogP contribution in [0.15, 0.2) is 44.2 Å². The van der Waals surface area contributed by atoms with E-state index in [1.165, 1.54) is 0 Å². The molecule has 1 aromatic carbocycles. The van der Waals surface area contributed by atoms with Gasteiger partial charge in [0.15, 0.2) is 0 Å². The van der Waals surface area contributed by atoms with Gasteiger partial charge in [0.25, 0.3) is 24.1 Å². The highest BCUT2D eigenvalue weighted by Crippen LogP contribution is 2.25. The largest absolute Gasteiger partial charge is 0.463 e. The second-order valence-electron chi connectivity index (χ2n) is 13.1. The zero-order chi connectivity index (χ0) is 30.0. The van der Waals surface area contributed by atoms with Crippen molar-refractivity contribution in [2.45, 2.75) is 92.6 Å². The molecule has 0 bridgehead atoms. The summed E-state index contributed by atoms with van der Waals surface area (Å²) in [5, 5.41) is 0. The van der Waals surface area contributed by atoms with Crippen molar-refractivity contribution in [3.05, 3.63) is 35.4 Å². The lowest BCUT2D eigenvalue weighted by Crippen LogP contribution is -2.37. The molecule has 0 saturated carbocycles. The summed E-state index contributed by atoms with van der Waals surface area (Å²) in [7, 11) is 0. The first-order valence-corrected chi connectivity index (χ1v) is 15.5. The predicted molar refractivity (Wildman–Crippen MR) is 166 cm³/mol. The van der Waals surface area contributed by atoms with E-state index in [9.17, 15) is 0 Å². The summed E-state index contributed by atoms with van der Waals surface area (Å²) in [6, 6.07) is 11.3. The number of nitrogens with zero attached hydrogens (tertiary/aromatic N) is 6. The van der Waals surface area contributed by atoms with Crippen LogP contribution in [0.25, 0.3) is 0 Å². The monoisotopic (exact) mass is 580 g/mol. The van der Waals surface area contributed by atoms with Crippen LogP contribution >= 0.6 is 0 Å². The van der Waals surface area contributed by atoms with E-state index in [0.717, 1.165) is 11.1 Å². The Labute approximate surface area is 250 Å². The van der Waals surface area contributed by atoms with Crippen molar-refractivity contribution in [3.8, 4) is 0 Å². The summed E-state index contributed by atoms with van der Waals surface area (Å²) < 4.78 is 24.4. The van der Waals surface area contributed by atoms with Gasteiger partial charge < -0.3 is 18.9 Å². The van der Waals surface area contributed by atoms with Gasteiger partial charge in [-0.1, -0.05) is 79.7 Å². The van der Waals surface area contributed by atoms with Gasteiger partial charge in [-0.15, -0.1) is 0 Å². The van der Waals surface area contributed by atoms with Crippen LogP contribution in [-0.2, 0) is 32.0 Å². The van der Waals surface area contributed by atoms with E-state index < -0.39 is 0 Å². The Kier molecular flexibility index (Phi) is 9.28. The summed E-state index contributed by atoms with van der Waals surface area (Å²) in [5.41, 5.74) is 2.18. The molecule has 0 spiro atoms. The zero-order valence-corrected chi connectivity index (χ0v) is 26.5. The molecule has 0 fully saturated rings. The molecule has 4 heterocycles. The third-order valence-corrected chi connectivity index (χ3v) is 8.31. The molecule has 0 aliphatic carbocycles. The summed E-state index contributed by atoms with van der Waals surface area (Å²) in [5.74, 6) is 1.56. The van der Waals surface area contributed by atoms with Crippen molar-refractivity contribution in [2.24, 2.45) is 43.6 Å². The van der Waals surface area contributed by atoms with Crippen LogP contribution in [0.2, 0.25) is 0 Å². The Morgan fingerprint density at radius 3 is 1.07 bits per heavy atom. The second-order valence-corrected chi connectivity index (χ2v) is 13.1. The predicted octanol–water partition coefficient (Wildman–Crippen LogP) is 4.93. The summed E-state index contributed by atoms with van der Waals surface area (Å²) >= 11 is 0. The van der Waals surface area contributed by atoms with Gasteiger partial charge >= 0.3 is 0 Å². The number of amidine groups is 4. The third-order valence-electron chi connectivity index (χ3n) is 8.31.